The van der Waals surface area contributed by atoms with Crippen molar-refractivity contribution in [2.24, 2.45) is 5.92 Å². The fourth-order valence-electron chi connectivity index (χ4n) is 2.30. The van der Waals surface area contributed by atoms with Crippen LogP contribution >= 0.6 is 0 Å². The summed E-state index contributed by atoms with van der Waals surface area (Å²) in [7, 11) is -2.52. The number of H-pyrrole nitrogens is 2. The molecule has 1 atom stereocenters. The monoisotopic (exact) mass is 341 g/mol. The number of imidazole rings is 1. The van der Waals surface area contributed by atoms with Gasteiger partial charge in [0.15, 0.2) is 0 Å². The third kappa shape index (κ3) is 3.45. The summed E-state index contributed by atoms with van der Waals surface area (Å²) >= 11 is 0. The van der Waals surface area contributed by atoms with Crippen LogP contribution in [0.3, 0.4) is 0 Å². The van der Waals surface area contributed by atoms with E-state index in [-0.39, 0.29) is 18.0 Å². The zero-order valence-corrected chi connectivity index (χ0v) is 13.9. The number of nitrogens with one attached hydrogen (secondary N) is 2. The van der Waals surface area contributed by atoms with Gasteiger partial charge in [-0.3, -0.25) is 4.79 Å². The van der Waals surface area contributed by atoms with E-state index in [1.165, 1.54) is 29.6 Å². The van der Waals surface area contributed by atoms with E-state index in [2.05, 4.69) is 14.7 Å². The summed E-state index contributed by atoms with van der Waals surface area (Å²) < 4.78 is 31.3. The molecule has 0 aliphatic heterocycles. The Kier molecular flexibility index (Phi) is 4.90. The van der Waals surface area contributed by atoms with Crippen molar-refractivity contribution < 1.29 is 17.9 Å². The van der Waals surface area contributed by atoms with Crippen LogP contribution in [0, 0.1) is 5.92 Å². The zero-order valence-electron chi connectivity index (χ0n) is 13.1. The molecule has 1 aromatic carbocycles. The summed E-state index contributed by atoms with van der Waals surface area (Å²) in [5.74, 6) is -1.05. The van der Waals surface area contributed by atoms with E-state index in [0.717, 1.165) is 0 Å². The van der Waals surface area contributed by atoms with Crippen LogP contribution in [0.1, 0.15) is 13.8 Å². The molecule has 0 bridgehead atoms. The predicted octanol–water partition coefficient (Wildman–Crippen LogP) is 0.676. The van der Waals surface area contributed by atoms with Crippen molar-refractivity contribution in [2.75, 3.05) is 20.2 Å². The molecule has 0 saturated carbocycles. The van der Waals surface area contributed by atoms with Gasteiger partial charge in [0, 0.05) is 13.1 Å². The van der Waals surface area contributed by atoms with Crippen LogP contribution < -0.4 is 5.69 Å². The fourth-order valence-corrected chi connectivity index (χ4v) is 3.86. The molecule has 126 valence electrons. The van der Waals surface area contributed by atoms with Crippen LogP contribution in [-0.4, -0.2) is 48.9 Å². The summed E-state index contributed by atoms with van der Waals surface area (Å²) in [6.07, 6.45) is 0. The number of methoxy groups -OCH3 is 1. The number of nitrogens with zero attached hydrogens (tertiary/aromatic N) is 1. The Labute approximate surface area is 133 Å². The number of carbonyl (C=O) groups is 1. The second-order valence-electron chi connectivity index (χ2n) is 5.17. The van der Waals surface area contributed by atoms with E-state index in [1.807, 2.05) is 0 Å². The standard InChI is InChI=1S/C14H19N3O5S/c1-4-17(8-9(2)13(18)22-3)23(20,21)10-5-6-11-12(7-10)16-14(19)15-11/h5-7,9H,4,8H2,1-3H3,(H2,15,16,19)/t9-/m1/s1. The van der Waals surface area contributed by atoms with Crippen molar-refractivity contribution in [3.63, 3.8) is 0 Å². The summed E-state index contributed by atoms with van der Waals surface area (Å²) in [6, 6.07) is 4.35. The van der Waals surface area contributed by atoms with Gasteiger partial charge in [0.2, 0.25) is 10.0 Å². The summed E-state index contributed by atoms with van der Waals surface area (Å²) in [6.45, 7) is 3.54. The number of ether oxygens (including phenoxy) is 1. The highest BCUT2D eigenvalue weighted by Crippen LogP contribution is 2.20. The highest BCUT2D eigenvalue weighted by atomic mass is 32.2. The average Bonchev–Trinajstić information content (AvgIpc) is 2.90. The highest BCUT2D eigenvalue weighted by molar-refractivity contribution is 7.89. The number of benzene rings is 1. The molecule has 0 spiro atoms. The SMILES string of the molecule is CCN(C[C@@H](C)C(=O)OC)S(=O)(=O)c1ccc2[nH]c(=O)[nH]c2c1. The van der Waals surface area contributed by atoms with Crippen molar-refractivity contribution in [1.82, 2.24) is 14.3 Å². The predicted molar refractivity (Wildman–Crippen MR) is 84.5 cm³/mol. The molecule has 2 rings (SSSR count). The van der Waals surface area contributed by atoms with Crippen LogP contribution in [-0.2, 0) is 19.6 Å². The number of aromatic nitrogens is 2. The van der Waals surface area contributed by atoms with E-state index < -0.39 is 27.6 Å². The molecule has 0 fully saturated rings. The first-order valence-corrected chi connectivity index (χ1v) is 8.53. The number of rotatable bonds is 6. The Morgan fingerprint density at radius 3 is 2.57 bits per heavy atom. The largest absolute Gasteiger partial charge is 0.469 e. The maximum Gasteiger partial charge on any atom is 0.323 e. The quantitative estimate of drug-likeness (QED) is 0.750. The molecule has 2 N–H and O–H groups in total. The highest BCUT2D eigenvalue weighted by Gasteiger charge is 2.27. The Balaban J connectivity index is 2.36. The van der Waals surface area contributed by atoms with Crippen molar-refractivity contribution in [2.45, 2.75) is 18.7 Å². The van der Waals surface area contributed by atoms with E-state index in [9.17, 15) is 18.0 Å². The molecule has 0 aliphatic rings. The normalized spacial score (nSPS) is 13.4. The van der Waals surface area contributed by atoms with Crippen molar-refractivity contribution in [1.29, 1.82) is 0 Å². The van der Waals surface area contributed by atoms with Crippen LogP contribution in [0.25, 0.3) is 11.0 Å². The molecule has 1 aromatic heterocycles. The fraction of sp³-hybridized carbons (Fsp3) is 0.429. The second-order valence-corrected chi connectivity index (χ2v) is 7.10. The minimum Gasteiger partial charge on any atom is -0.469 e. The summed E-state index contributed by atoms with van der Waals surface area (Å²) in [5, 5.41) is 0. The lowest BCUT2D eigenvalue weighted by Gasteiger charge is -2.23. The Morgan fingerprint density at radius 2 is 1.96 bits per heavy atom. The van der Waals surface area contributed by atoms with E-state index in [1.54, 1.807) is 13.8 Å². The second kappa shape index (κ2) is 6.55. The number of sulfonamides is 1. The third-order valence-electron chi connectivity index (χ3n) is 3.56. The molecule has 0 amide bonds. The van der Waals surface area contributed by atoms with Gasteiger partial charge in [0.25, 0.3) is 0 Å². The van der Waals surface area contributed by atoms with Gasteiger partial charge in [-0.05, 0) is 18.2 Å². The smallest absolute Gasteiger partial charge is 0.323 e. The van der Waals surface area contributed by atoms with Crippen LogP contribution in [0.5, 0.6) is 0 Å². The van der Waals surface area contributed by atoms with Gasteiger partial charge in [-0.1, -0.05) is 13.8 Å². The molecule has 0 saturated heterocycles. The molecular formula is C14H19N3O5S. The minimum absolute atomic E-state index is 0.0210. The van der Waals surface area contributed by atoms with Crippen LogP contribution in [0.4, 0.5) is 0 Å². The van der Waals surface area contributed by atoms with Crippen LogP contribution in [0.15, 0.2) is 27.9 Å². The molecule has 0 unspecified atom stereocenters. The van der Waals surface area contributed by atoms with E-state index in [0.29, 0.717) is 11.0 Å². The van der Waals surface area contributed by atoms with Gasteiger partial charge in [0.05, 0.1) is 29.0 Å². The number of carbonyl (C=O) groups excluding carboxylic acids is 1. The average molecular weight is 341 g/mol. The molecule has 0 radical (unpaired) electrons. The molecule has 23 heavy (non-hydrogen) atoms. The number of esters is 1. The van der Waals surface area contributed by atoms with Gasteiger partial charge < -0.3 is 14.7 Å². The van der Waals surface area contributed by atoms with Gasteiger partial charge in [-0.25, -0.2) is 13.2 Å². The summed E-state index contributed by atoms with van der Waals surface area (Å²) in [4.78, 5) is 27.9. The van der Waals surface area contributed by atoms with Crippen molar-refractivity contribution >= 4 is 27.0 Å². The Hall–Kier alpha value is -2.13. The lowest BCUT2D eigenvalue weighted by Crippen LogP contribution is -2.37. The molecule has 0 aliphatic carbocycles. The van der Waals surface area contributed by atoms with Gasteiger partial charge >= 0.3 is 11.7 Å². The van der Waals surface area contributed by atoms with Gasteiger partial charge in [-0.15, -0.1) is 0 Å². The number of aromatic amines is 2. The zero-order chi connectivity index (χ0) is 17.2. The summed E-state index contributed by atoms with van der Waals surface area (Å²) in [5.41, 5.74) is 0.536. The Morgan fingerprint density at radius 1 is 1.30 bits per heavy atom. The number of hydrogen-bond donors (Lipinski definition) is 2. The molecule has 2 aromatic rings. The molecule has 9 heteroatoms. The minimum atomic E-state index is -3.78. The van der Waals surface area contributed by atoms with Crippen molar-refractivity contribution in [3.05, 3.63) is 28.7 Å². The maximum atomic E-state index is 12.7. The number of fused-ring (bicyclic) bond motifs is 1. The van der Waals surface area contributed by atoms with Gasteiger partial charge in [0.1, 0.15) is 0 Å². The third-order valence-corrected chi connectivity index (χ3v) is 5.50. The first-order valence-electron chi connectivity index (χ1n) is 7.09. The molecule has 1 heterocycles. The lowest BCUT2D eigenvalue weighted by atomic mass is 10.2. The molecular weight excluding hydrogens is 322 g/mol. The number of hydrogen-bond acceptors (Lipinski definition) is 5. The maximum absolute atomic E-state index is 12.7. The van der Waals surface area contributed by atoms with Crippen molar-refractivity contribution in [3.8, 4) is 0 Å². The van der Waals surface area contributed by atoms with E-state index in [4.69, 9.17) is 0 Å². The molecule has 8 nitrogen and oxygen atoms in total. The lowest BCUT2D eigenvalue weighted by molar-refractivity contribution is -0.145. The topological polar surface area (TPSA) is 112 Å². The first-order chi connectivity index (χ1) is 10.8. The van der Waals surface area contributed by atoms with E-state index >= 15 is 0 Å². The Bertz CT molecular complexity index is 868. The van der Waals surface area contributed by atoms with Crippen LogP contribution in [0.2, 0.25) is 0 Å². The first kappa shape index (κ1) is 17.2. The van der Waals surface area contributed by atoms with Gasteiger partial charge in [-0.2, -0.15) is 4.31 Å².